The fraction of sp³-hybridized carbons (Fsp3) is 0.227. The summed E-state index contributed by atoms with van der Waals surface area (Å²) < 4.78 is 37.9. The van der Waals surface area contributed by atoms with E-state index in [4.69, 9.17) is 14.6 Å². The second-order valence-electron chi connectivity index (χ2n) is 7.55. The van der Waals surface area contributed by atoms with Gasteiger partial charge in [0.15, 0.2) is 11.5 Å². The van der Waals surface area contributed by atoms with E-state index < -0.39 is 10.2 Å². The van der Waals surface area contributed by atoms with E-state index in [-0.39, 0.29) is 6.54 Å². The highest BCUT2D eigenvalue weighted by Crippen LogP contribution is 2.36. The summed E-state index contributed by atoms with van der Waals surface area (Å²) in [6.45, 7) is 0.671. The summed E-state index contributed by atoms with van der Waals surface area (Å²) >= 11 is 0. The Morgan fingerprint density at radius 2 is 1.81 bits per heavy atom. The van der Waals surface area contributed by atoms with Crippen LogP contribution in [0.3, 0.4) is 0 Å². The van der Waals surface area contributed by atoms with Crippen molar-refractivity contribution in [1.82, 2.24) is 13.9 Å². The number of hydrogen-bond acceptors (Lipinski definition) is 5. The van der Waals surface area contributed by atoms with Crippen LogP contribution in [0.5, 0.6) is 11.5 Å². The number of hydrogen-bond donors (Lipinski definition) is 1. The molecule has 0 atom stereocenters. The Labute approximate surface area is 180 Å². The molecule has 2 N–H and O–H groups in total. The monoisotopic (exact) mass is 438 g/mol. The summed E-state index contributed by atoms with van der Waals surface area (Å²) in [5.41, 5.74) is 4.82. The van der Waals surface area contributed by atoms with Gasteiger partial charge in [-0.25, -0.2) is 5.14 Å². The molecule has 2 aromatic heterocycles. The van der Waals surface area contributed by atoms with Crippen LogP contribution in [0.4, 0.5) is 0 Å². The van der Waals surface area contributed by atoms with E-state index >= 15 is 0 Å². The lowest BCUT2D eigenvalue weighted by molar-refractivity contribution is 0.356. The maximum atomic E-state index is 11.8. The van der Waals surface area contributed by atoms with Crippen LogP contribution in [-0.4, -0.2) is 43.0 Å². The van der Waals surface area contributed by atoms with Crippen molar-refractivity contribution in [2.75, 3.05) is 20.8 Å². The van der Waals surface area contributed by atoms with Crippen LogP contribution >= 0.6 is 0 Å². The lowest BCUT2D eigenvalue weighted by Crippen LogP contribution is -2.40. The molecular weight excluding hydrogens is 416 g/mol. The maximum Gasteiger partial charge on any atom is 0.277 e. The smallest absolute Gasteiger partial charge is 0.277 e. The van der Waals surface area contributed by atoms with E-state index in [1.165, 1.54) is 4.31 Å². The Balaban J connectivity index is 1.68. The van der Waals surface area contributed by atoms with Gasteiger partial charge in [0, 0.05) is 48.0 Å². The average Bonchev–Trinajstić information content (AvgIpc) is 3.21. The standard InChI is InChI=1S/C22H22N4O4S/c1-29-20-10-18-19(11-21(20)30-2)24-12-15-6-8-26(22(15)18)17-4-3-14-5-7-25(31(23,27)28)13-16(14)9-17/h3-4,6,8-12H,5,7,13H2,1-2H3,(H2,23,27,28). The predicted molar refractivity (Wildman–Crippen MR) is 119 cm³/mol. The Morgan fingerprint density at radius 3 is 2.55 bits per heavy atom. The molecule has 5 rings (SSSR count). The zero-order valence-electron chi connectivity index (χ0n) is 17.2. The fourth-order valence-electron chi connectivity index (χ4n) is 4.24. The SMILES string of the molecule is COc1cc2ncc3ccn(-c4ccc5c(c4)CN(S(N)(=O)=O)CC5)c3c2cc1OC. The minimum Gasteiger partial charge on any atom is -0.493 e. The maximum absolute atomic E-state index is 11.8. The van der Waals surface area contributed by atoms with Crippen LogP contribution in [-0.2, 0) is 23.2 Å². The zero-order chi connectivity index (χ0) is 21.8. The molecule has 0 aliphatic carbocycles. The van der Waals surface area contributed by atoms with Crippen molar-refractivity contribution in [3.63, 3.8) is 0 Å². The van der Waals surface area contributed by atoms with Gasteiger partial charge in [-0.3, -0.25) is 4.98 Å². The quantitative estimate of drug-likeness (QED) is 0.528. The zero-order valence-corrected chi connectivity index (χ0v) is 18.0. The molecular formula is C22H22N4O4S. The van der Waals surface area contributed by atoms with Crippen molar-refractivity contribution in [1.29, 1.82) is 0 Å². The first kappa shape index (κ1) is 19.8. The summed E-state index contributed by atoms with van der Waals surface area (Å²) in [6, 6.07) is 11.9. The number of pyridine rings is 1. The number of rotatable bonds is 4. The molecule has 3 heterocycles. The van der Waals surface area contributed by atoms with Crippen LogP contribution in [0.15, 0.2) is 48.8 Å². The molecule has 1 aliphatic rings. The third-order valence-corrected chi connectivity index (χ3v) is 6.85. The lowest BCUT2D eigenvalue weighted by Gasteiger charge is -2.26. The highest BCUT2D eigenvalue weighted by molar-refractivity contribution is 7.86. The highest BCUT2D eigenvalue weighted by Gasteiger charge is 2.24. The number of benzene rings is 2. The molecule has 2 aromatic carbocycles. The minimum absolute atomic E-state index is 0.272. The molecule has 8 nitrogen and oxygen atoms in total. The van der Waals surface area contributed by atoms with Crippen molar-refractivity contribution in [2.24, 2.45) is 5.14 Å². The largest absolute Gasteiger partial charge is 0.493 e. The molecule has 0 amide bonds. The molecule has 0 fully saturated rings. The number of nitrogens with two attached hydrogens (primary N) is 1. The third kappa shape index (κ3) is 3.31. The van der Waals surface area contributed by atoms with Gasteiger partial charge in [-0.2, -0.15) is 12.7 Å². The molecule has 0 bridgehead atoms. The molecule has 0 spiro atoms. The fourth-order valence-corrected chi connectivity index (χ4v) is 4.91. The summed E-state index contributed by atoms with van der Waals surface area (Å²) in [7, 11) is -0.512. The highest BCUT2D eigenvalue weighted by atomic mass is 32.2. The second kappa shape index (κ2) is 7.23. The van der Waals surface area contributed by atoms with Gasteiger partial charge in [0.1, 0.15) is 0 Å². The van der Waals surface area contributed by atoms with E-state index in [1.54, 1.807) is 14.2 Å². The Kier molecular flexibility index (Phi) is 4.62. The summed E-state index contributed by atoms with van der Waals surface area (Å²) in [6.07, 6.45) is 4.47. The van der Waals surface area contributed by atoms with Crippen molar-refractivity contribution < 1.29 is 17.9 Å². The molecule has 0 unspecified atom stereocenters. The normalized spacial score (nSPS) is 14.7. The Morgan fingerprint density at radius 1 is 1.03 bits per heavy atom. The molecule has 9 heteroatoms. The first-order chi connectivity index (χ1) is 14.9. The van der Waals surface area contributed by atoms with Gasteiger partial charge in [-0.15, -0.1) is 0 Å². The van der Waals surface area contributed by atoms with Gasteiger partial charge in [0.25, 0.3) is 10.2 Å². The van der Waals surface area contributed by atoms with Gasteiger partial charge in [0.2, 0.25) is 0 Å². The van der Waals surface area contributed by atoms with Crippen molar-refractivity contribution in [3.8, 4) is 17.2 Å². The van der Waals surface area contributed by atoms with E-state index in [0.29, 0.717) is 24.5 Å². The van der Waals surface area contributed by atoms with Crippen LogP contribution in [0.2, 0.25) is 0 Å². The van der Waals surface area contributed by atoms with E-state index in [9.17, 15) is 8.42 Å². The molecule has 4 aromatic rings. The van der Waals surface area contributed by atoms with E-state index in [1.807, 2.05) is 36.7 Å². The van der Waals surface area contributed by atoms with Gasteiger partial charge in [-0.05, 0) is 41.8 Å². The molecule has 0 saturated carbocycles. The number of fused-ring (bicyclic) bond motifs is 4. The number of nitrogens with zero attached hydrogens (tertiary/aromatic N) is 3. The molecule has 1 aliphatic heterocycles. The van der Waals surface area contributed by atoms with Gasteiger partial charge < -0.3 is 14.0 Å². The lowest BCUT2D eigenvalue weighted by atomic mass is 10.0. The van der Waals surface area contributed by atoms with E-state index in [0.717, 1.165) is 38.6 Å². The van der Waals surface area contributed by atoms with Crippen molar-refractivity contribution in [3.05, 3.63) is 59.9 Å². The van der Waals surface area contributed by atoms with Crippen molar-refractivity contribution in [2.45, 2.75) is 13.0 Å². The first-order valence-corrected chi connectivity index (χ1v) is 11.3. The molecule has 31 heavy (non-hydrogen) atoms. The Bertz CT molecular complexity index is 1430. The van der Waals surface area contributed by atoms with Crippen LogP contribution < -0.4 is 14.6 Å². The van der Waals surface area contributed by atoms with Crippen LogP contribution in [0.25, 0.3) is 27.5 Å². The summed E-state index contributed by atoms with van der Waals surface area (Å²) in [5, 5.41) is 7.28. The first-order valence-electron chi connectivity index (χ1n) is 9.81. The van der Waals surface area contributed by atoms with Gasteiger partial charge in [-0.1, -0.05) is 6.07 Å². The summed E-state index contributed by atoms with van der Waals surface area (Å²) in [5.74, 6) is 1.25. The van der Waals surface area contributed by atoms with Crippen LogP contribution in [0.1, 0.15) is 11.1 Å². The van der Waals surface area contributed by atoms with Gasteiger partial charge in [0.05, 0.1) is 25.3 Å². The second-order valence-corrected chi connectivity index (χ2v) is 9.10. The molecule has 0 saturated heterocycles. The minimum atomic E-state index is -3.72. The summed E-state index contributed by atoms with van der Waals surface area (Å²) in [4.78, 5) is 4.57. The number of ether oxygens (including phenoxy) is 2. The molecule has 0 radical (unpaired) electrons. The Hall–Kier alpha value is -3.14. The van der Waals surface area contributed by atoms with Gasteiger partial charge >= 0.3 is 0 Å². The number of methoxy groups -OCH3 is 2. The average molecular weight is 439 g/mol. The third-order valence-electron chi connectivity index (χ3n) is 5.82. The molecule has 160 valence electrons. The topological polar surface area (TPSA) is 99.7 Å². The van der Waals surface area contributed by atoms with E-state index in [2.05, 4.69) is 21.7 Å². The van der Waals surface area contributed by atoms with Crippen molar-refractivity contribution >= 4 is 32.0 Å². The van der Waals surface area contributed by atoms with Crippen LogP contribution in [0, 0.1) is 0 Å². The number of aromatic nitrogens is 2. The predicted octanol–water partition coefficient (Wildman–Crippen LogP) is 2.76.